The Morgan fingerprint density at radius 2 is 1.88 bits per heavy atom. The van der Waals surface area contributed by atoms with Crippen LogP contribution in [0, 0.1) is 5.92 Å². The number of nitrogens with two attached hydrogens (primary N) is 2. The number of carbonyl (C=O) groups is 2. The first-order chi connectivity index (χ1) is 7.55. The summed E-state index contributed by atoms with van der Waals surface area (Å²) in [5.41, 5.74) is 6.93. The van der Waals surface area contributed by atoms with E-state index in [-0.39, 0.29) is 0 Å². The fourth-order valence-corrected chi connectivity index (χ4v) is 0.905. The second kappa shape index (κ2) is 5.44. The van der Waals surface area contributed by atoms with Crippen LogP contribution in [0.4, 0.5) is 0 Å². The SMILES string of the molecule is CC[C@H](C)[C@@](N)(O)C(=O)OC[C@](C)(N)C(=O)O. The maximum Gasteiger partial charge on any atom is 0.353 e. The molecule has 0 aromatic carbocycles. The average Bonchev–Trinajstić information content (AvgIpc) is 2.24. The third-order valence-corrected chi connectivity index (χ3v) is 2.68. The molecule has 17 heavy (non-hydrogen) atoms. The van der Waals surface area contributed by atoms with Crippen LogP contribution in [0.25, 0.3) is 0 Å². The molecule has 0 aliphatic heterocycles. The van der Waals surface area contributed by atoms with Gasteiger partial charge in [0.25, 0.3) is 0 Å². The molecule has 0 bridgehead atoms. The van der Waals surface area contributed by atoms with Crippen molar-refractivity contribution in [3.63, 3.8) is 0 Å². The van der Waals surface area contributed by atoms with E-state index in [1.165, 1.54) is 6.92 Å². The maximum atomic E-state index is 11.5. The molecule has 0 radical (unpaired) electrons. The van der Waals surface area contributed by atoms with Crippen LogP contribution in [0.3, 0.4) is 0 Å². The summed E-state index contributed by atoms with van der Waals surface area (Å²) in [5, 5.41) is 18.4. The van der Waals surface area contributed by atoms with Crippen LogP contribution in [0.15, 0.2) is 0 Å². The summed E-state index contributed by atoms with van der Waals surface area (Å²) in [7, 11) is 0. The Morgan fingerprint density at radius 3 is 2.24 bits per heavy atom. The molecule has 0 rings (SSSR count). The van der Waals surface area contributed by atoms with E-state index in [9.17, 15) is 14.7 Å². The highest BCUT2D eigenvalue weighted by atomic mass is 16.6. The van der Waals surface area contributed by atoms with Crippen molar-refractivity contribution in [2.45, 2.75) is 38.5 Å². The molecule has 6 N–H and O–H groups in total. The van der Waals surface area contributed by atoms with Gasteiger partial charge in [0.05, 0.1) is 0 Å². The van der Waals surface area contributed by atoms with E-state index in [1.54, 1.807) is 13.8 Å². The highest BCUT2D eigenvalue weighted by Gasteiger charge is 2.40. The first kappa shape index (κ1) is 15.8. The van der Waals surface area contributed by atoms with Crippen molar-refractivity contribution in [2.24, 2.45) is 17.4 Å². The van der Waals surface area contributed by atoms with E-state index in [2.05, 4.69) is 4.74 Å². The normalized spacial score (nSPS) is 19.9. The molecule has 0 saturated heterocycles. The smallest absolute Gasteiger partial charge is 0.353 e. The molecule has 0 aromatic heterocycles. The summed E-state index contributed by atoms with van der Waals surface area (Å²) in [6.45, 7) is 3.97. The zero-order chi connectivity index (χ0) is 13.9. The molecule has 3 atom stereocenters. The van der Waals surface area contributed by atoms with Crippen LogP contribution >= 0.6 is 0 Å². The van der Waals surface area contributed by atoms with Crippen LogP contribution in [0.5, 0.6) is 0 Å². The molecule has 0 unspecified atom stereocenters. The zero-order valence-electron chi connectivity index (χ0n) is 10.3. The van der Waals surface area contributed by atoms with E-state index in [1.807, 2.05) is 0 Å². The molecule has 0 fully saturated rings. The Hall–Kier alpha value is -1.18. The monoisotopic (exact) mass is 248 g/mol. The Bertz CT molecular complexity index is 301. The molecule has 0 aromatic rings. The Morgan fingerprint density at radius 1 is 1.41 bits per heavy atom. The Labute approximate surface area is 99.7 Å². The minimum atomic E-state index is -2.14. The molecule has 7 heteroatoms. The molecule has 0 aliphatic carbocycles. The van der Waals surface area contributed by atoms with Gasteiger partial charge in [-0.3, -0.25) is 10.5 Å². The molecule has 0 spiro atoms. The minimum Gasteiger partial charge on any atom is -0.480 e. The second-order valence-corrected chi connectivity index (χ2v) is 4.43. The quantitative estimate of drug-likeness (QED) is 0.350. The van der Waals surface area contributed by atoms with Crippen LogP contribution in [0.2, 0.25) is 0 Å². The fraction of sp³-hybridized carbons (Fsp3) is 0.800. The molecular weight excluding hydrogens is 228 g/mol. The van der Waals surface area contributed by atoms with Gasteiger partial charge in [-0.1, -0.05) is 13.8 Å². The lowest BCUT2D eigenvalue weighted by atomic mass is 9.96. The topological polar surface area (TPSA) is 136 Å². The van der Waals surface area contributed by atoms with Crippen LogP contribution in [-0.4, -0.2) is 40.0 Å². The number of hydrogen-bond donors (Lipinski definition) is 4. The molecule has 0 amide bonds. The Balaban J connectivity index is 4.52. The number of ether oxygens (including phenoxy) is 1. The van der Waals surface area contributed by atoms with Gasteiger partial charge in [-0.2, -0.15) is 0 Å². The Kier molecular flexibility index (Phi) is 5.06. The summed E-state index contributed by atoms with van der Waals surface area (Å²) >= 11 is 0. The van der Waals surface area contributed by atoms with E-state index in [0.717, 1.165) is 0 Å². The predicted octanol–water partition coefficient (Wildman–Crippen LogP) is -0.975. The van der Waals surface area contributed by atoms with Crippen molar-refractivity contribution in [1.29, 1.82) is 0 Å². The van der Waals surface area contributed by atoms with Gasteiger partial charge in [0.15, 0.2) is 0 Å². The van der Waals surface area contributed by atoms with Crippen molar-refractivity contribution < 1.29 is 24.5 Å². The number of esters is 1. The molecule has 0 saturated carbocycles. The van der Waals surface area contributed by atoms with E-state index in [0.29, 0.717) is 6.42 Å². The zero-order valence-corrected chi connectivity index (χ0v) is 10.3. The van der Waals surface area contributed by atoms with Crippen molar-refractivity contribution >= 4 is 11.9 Å². The number of carboxylic acids is 1. The lowest BCUT2D eigenvalue weighted by molar-refractivity contribution is -0.174. The van der Waals surface area contributed by atoms with Gasteiger partial charge in [-0.25, -0.2) is 4.79 Å². The number of carbonyl (C=O) groups excluding carboxylic acids is 1. The number of rotatable bonds is 6. The van der Waals surface area contributed by atoms with Crippen molar-refractivity contribution in [2.75, 3.05) is 6.61 Å². The van der Waals surface area contributed by atoms with Gasteiger partial charge < -0.3 is 20.7 Å². The van der Waals surface area contributed by atoms with E-state index >= 15 is 0 Å². The maximum absolute atomic E-state index is 11.5. The molecule has 0 aliphatic rings. The molecule has 0 heterocycles. The lowest BCUT2D eigenvalue weighted by Crippen LogP contribution is -2.56. The third kappa shape index (κ3) is 3.95. The standard InChI is InChI=1S/C10H20N2O5/c1-4-6(2)10(12,16)8(15)17-5-9(3,11)7(13)14/h6,16H,4-5,11-12H2,1-3H3,(H,13,14)/t6-,9-,10+/m0/s1. The van der Waals surface area contributed by atoms with E-state index in [4.69, 9.17) is 16.6 Å². The highest BCUT2D eigenvalue weighted by Crippen LogP contribution is 2.17. The first-order valence-electron chi connectivity index (χ1n) is 5.26. The van der Waals surface area contributed by atoms with Gasteiger partial charge in [0.1, 0.15) is 12.1 Å². The molecule has 100 valence electrons. The van der Waals surface area contributed by atoms with Gasteiger partial charge in [0, 0.05) is 5.92 Å². The number of aliphatic hydroxyl groups is 1. The molecular formula is C10H20N2O5. The van der Waals surface area contributed by atoms with Gasteiger partial charge in [-0.05, 0) is 13.3 Å². The number of carboxylic acid groups (broad SMARTS) is 1. The van der Waals surface area contributed by atoms with Crippen LogP contribution in [0.1, 0.15) is 27.2 Å². The third-order valence-electron chi connectivity index (χ3n) is 2.68. The fourth-order valence-electron chi connectivity index (χ4n) is 0.905. The summed E-state index contributed by atoms with van der Waals surface area (Å²) in [6.07, 6.45) is 0.473. The summed E-state index contributed by atoms with van der Waals surface area (Å²) in [4.78, 5) is 22.2. The minimum absolute atomic E-state index is 0.473. The summed E-state index contributed by atoms with van der Waals surface area (Å²) in [6, 6.07) is 0. The van der Waals surface area contributed by atoms with Crippen LogP contribution < -0.4 is 11.5 Å². The lowest BCUT2D eigenvalue weighted by Gasteiger charge is -2.28. The summed E-state index contributed by atoms with van der Waals surface area (Å²) < 4.78 is 4.64. The van der Waals surface area contributed by atoms with Crippen molar-refractivity contribution in [1.82, 2.24) is 0 Å². The van der Waals surface area contributed by atoms with Crippen LogP contribution in [-0.2, 0) is 14.3 Å². The van der Waals surface area contributed by atoms with Crippen molar-refractivity contribution in [3.05, 3.63) is 0 Å². The van der Waals surface area contributed by atoms with Crippen molar-refractivity contribution in [3.8, 4) is 0 Å². The number of aliphatic carboxylic acids is 1. The average molecular weight is 248 g/mol. The largest absolute Gasteiger partial charge is 0.480 e. The first-order valence-corrected chi connectivity index (χ1v) is 5.26. The van der Waals surface area contributed by atoms with Gasteiger partial charge >= 0.3 is 11.9 Å². The highest BCUT2D eigenvalue weighted by molar-refractivity contribution is 5.81. The summed E-state index contributed by atoms with van der Waals surface area (Å²) in [5.74, 6) is -2.90. The predicted molar refractivity (Wildman–Crippen MR) is 59.8 cm³/mol. The number of hydrogen-bond acceptors (Lipinski definition) is 6. The second-order valence-electron chi connectivity index (χ2n) is 4.43. The van der Waals surface area contributed by atoms with Gasteiger partial charge in [-0.15, -0.1) is 0 Å². The molecule has 7 nitrogen and oxygen atoms in total. The van der Waals surface area contributed by atoms with Gasteiger partial charge in [0.2, 0.25) is 5.72 Å². The van der Waals surface area contributed by atoms with E-state index < -0.39 is 35.7 Å².